The minimum absolute atomic E-state index is 0.373. The number of hydrogen-bond acceptors (Lipinski definition) is 5. The zero-order valence-corrected chi connectivity index (χ0v) is 9.67. The van der Waals surface area contributed by atoms with E-state index in [2.05, 4.69) is 6.92 Å². The fourth-order valence-corrected chi connectivity index (χ4v) is 1.58. The van der Waals surface area contributed by atoms with Gasteiger partial charge in [0, 0.05) is 0 Å². The Kier molecular flexibility index (Phi) is 5.05. The first-order chi connectivity index (χ1) is 7.56. The Morgan fingerprint density at radius 1 is 1.50 bits per heavy atom. The number of rotatable bonds is 5. The quantitative estimate of drug-likeness (QED) is 0.656. The van der Waals surface area contributed by atoms with Gasteiger partial charge in [-0.05, 0) is 12.3 Å². The van der Waals surface area contributed by atoms with Gasteiger partial charge in [-0.1, -0.05) is 20.3 Å². The normalized spacial score (nSPS) is 31.8. The van der Waals surface area contributed by atoms with E-state index in [-0.39, 0.29) is 5.76 Å². The van der Waals surface area contributed by atoms with Gasteiger partial charge in [-0.25, -0.2) is 0 Å². The number of aliphatic hydroxyl groups is 3. The fourth-order valence-electron chi connectivity index (χ4n) is 1.58. The van der Waals surface area contributed by atoms with E-state index in [1.54, 1.807) is 0 Å². The van der Waals surface area contributed by atoms with Crippen LogP contribution < -0.4 is 0 Å². The zero-order valence-electron chi connectivity index (χ0n) is 9.67. The third kappa shape index (κ3) is 3.37. The molecule has 0 aromatic rings. The van der Waals surface area contributed by atoms with Crippen molar-refractivity contribution in [3.05, 3.63) is 12.0 Å². The van der Waals surface area contributed by atoms with Gasteiger partial charge < -0.3 is 24.8 Å². The molecule has 0 saturated carbocycles. The SMILES string of the molecule is CCCC(C)COC1OC=C(O)C(O)C1O. The second-order valence-corrected chi connectivity index (χ2v) is 4.21. The molecule has 3 N–H and O–H groups in total. The fraction of sp³-hybridized carbons (Fsp3) is 0.818. The molecule has 1 heterocycles. The van der Waals surface area contributed by atoms with Crippen molar-refractivity contribution in [3.63, 3.8) is 0 Å². The molecule has 94 valence electrons. The van der Waals surface area contributed by atoms with Gasteiger partial charge >= 0.3 is 0 Å². The van der Waals surface area contributed by atoms with Gasteiger partial charge in [-0.3, -0.25) is 0 Å². The molecule has 4 unspecified atom stereocenters. The summed E-state index contributed by atoms with van der Waals surface area (Å²) in [5, 5.41) is 28.0. The van der Waals surface area contributed by atoms with Crippen LogP contribution in [0.2, 0.25) is 0 Å². The highest BCUT2D eigenvalue weighted by atomic mass is 16.7. The molecule has 0 saturated heterocycles. The Bertz CT molecular complexity index is 241. The van der Waals surface area contributed by atoms with Crippen LogP contribution in [0.25, 0.3) is 0 Å². The van der Waals surface area contributed by atoms with Gasteiger partial charge in [0.2, 0.25) is 6.29 Å². The van der Waals surface area contributed by atoms with E-state index in [9.17, 15) is 10.2 Å². The first-order valence-corrected chi connectivity index (χ1v) is 5.58. The highest BCUT2D eigenvalue weighted by molar-refractivity contribution is 5.01. The molecule has 1 aliphatic heterocycles. The van der Waals surface area contributed by atoms with Gasteiger partial charge in [0.1, 0.15) is 18.5 Å². The van der Waals surface area contributed by atoms with Gasteiger partial charge in [-0.15, -0.1) is 0 Å². The minimum Gasteiger partial charge on any atom is -0.506 e. The molecule has 1 aliphatic rings. The molecule has 0 aromatic heterocycles. The van der Waals surface area contributed by atoms with Crippen molar-refractivity contribution in [3.8, 4) is 0 Å². The molecule has 1 rings (SSSR count). The molecule has 0 aromatic carbocycles. The van der Waals surface area contributed by atoms with Crippen LogP contribution in [0, 0.1) is 5.92 Å². The molecule has 0 bridgehead atoms. The molecular formula is C11H20O5. The van der Waals surface area contributed by atoms with Crippen LogP contribution in [0.5, 0.6) is 0 Å². The summed E-state index contributed by atoms with van der Waals surface area (Å²) in [7, 11) is 0. The summed E-state index contributed by atoms with van der Waals surface area (Å²) >= 11 is 0. The van der Waals surface area contributed by atoms with E-state index in [1.807, 2.05) is 6.92 Å². The maximum absolute atomic E-state index is 9.55. The molecule has 0 aliphatic carbocycles. The topological polar surface area (TPSA) is 79.2 Å². The van der Waals surface area contributed by atoms with Crippen molar-refractivity contribution in [2.45, 2.75) is 45.2 Å². The Hall–Kier alpha value is -0.780. The van der Waals surface area contributed by atoms with Crippen molar-refractivity contribution in [1.82, 2.24) is 0 Å². The largest absolute Gasteiger partial charge is 0.506 e. The Labute approximate surface area is 95.3 Å². The predicted molar refractivity (Wildman–Crippen MR) is 57.6 cm³/mol. The number of aliphatic hydroxyl groups excluding tert-OH is 3. The van der Waals surface area contributed by atoms with Gasteiger partial charge in [0.25, 0.3) is 0 Å². The monoisotopic (exact) mass is 232 g/mol. The summed E-state index contributed by atoms with van der Waals surface area (Å²) < 4.78 is 10.3. The highest BCUT2D eigenvalue weighted by Gasteiger charge is 2.35. The van der Waals surface area contributed by atoms with Crippen LogP contribution in [0.1, 0.15) is 26.7 Å². The third-order valence-corrected chi connectivity index (χ3v) is 2.55. The summed E-state index contributed by atoms with van der Waals surface area (Å²) in [5.74, 6) is -0.00796. The van der Waals surface area contributed by atoms with Crippen LogP contribution in [0.3, 0.4) is 0 Å². The first kappa shape index (κ1) is 13.3. The minimum atomic E-state index is -1.33. The average Bonchev–Trinajstić information content (AvgIpc) is 2.25. The lowest BCUT2D eigenvalue weighted by molar-refractivity contribution is -0.208. The maximum Gasteiger partial charge on any atom is 0.228 e. The molecule has 0 amide bonds. The lowest BCUT2D eigenvalue weighted by Gasteiger charge is -2.30. The van der Waals surface area contributed by atoms with Crippen LogP contribution in [-0.2, 0) is 9.47 Å². The molecule has 0 fully saturated rings. The summed E-state index contributed by atoms with van der Waals surface area (Å²) in [4.78, 5) is 0. The van der Waals surface area contributed by atoms with Gasteiger partial charge in [0.05, 0.1) is 6.61 Å². The molecule has 5 heteroatoms. The third-order valence-electron chi connectivity index (χ3n) is 2.55. The zero-order chi connectivity index (χ0) is 12.1. The number of ether oxygens (including phenoxy) is 2. The van der Waals surface area contributed by atoms with E-state index in [4.69, 9.17) is 14.6 Å². The summed E-state index contributed by atoms with van der Waals surface area (Å²) in [6, 6.07) is 0. The highest BCUT2D eigenvalue weighted by Crippen LogP contribution is 2.19. The second-order valence-electron chi connectivity index (χ2n) is 4.21. The average molecular weight is 232 g/mol. The van der Waals surface area contributed by atoms with E-state index in [1.165, 1.54) is 0 Å². The lowest BCUT2D eigenvalue weighted by atomic mass is 10.1. The van der Waals surface area contributed by atoms with Crippen LogP contribution in [0.4, 0.5) is 0 Å². The van der Waals surface area contributed by atoms with Crippen molar-refractivity contribution in [2.75, 3.05) is 6.61 Å². The maximum atomic E-state index is 9.55. The summed E-state index contributed by atoms with van der Waals surface area (Å²) in [5.41, 5.74) is 0. The Morgan fingerprint density at radius 2 is 2.19 bits per heavy atom. The van der Waals surface area contributed by atoms with Crippen molar-refractivity contribution in [2.24, 2.45) is 5.92 Å². The lowest BCUT2D eigenvalue weighted by Crippen LogP contribution is -2.44. The van der Waals surface area contributed by atoms with E-state index in [0.717, 1.165) is 19.1 Å². The van der Waals surface area contributed by atoms with Crippen molar-refractivity contribution in [1.29, 1.82) is 0 Å². The summed E-state index contributed by atoms with van der Waals surface area (Å²) in [6.45, 7) is 4.59. The van der Waals surface area contributed by atoms with E-state index < -0.39 is 18.5 Å². The molecule has 5 nitrogen and oxygen atoms in total. The first-order valence-electron chi connectivity index (χ1n) is 5.58. The van der Waals surface area contributed by atoms with Crippen LogP contribution in [0.15, 0.2) is 12.0 Å². The van der Waals surface area contributed by atoms with Crippen LogP contribution in [-0.4, -0.2) is 40.4 Å². The predicted octanol–water partition coefficient (Wildman–Crippen LogP) is 0.917. The number of hydrogen-bond donors (Lipinski definition) is 3. The van der Waals surface area contributed by atoms with Gasteiger partial charge in [-0.2, -0.15) is 0 Å². The van der Waals surface area contributed by atoms with E-state index in [0.29, 0.717) is 12.5 Å². The molecule has 4 atom stereocenters. The van der Waals surface area contributed by atoms with Crippen LogP contribution >= 0.6 is 0 Å². The molecule has 0 radical (unpaired) electrons. The summed E-state index contributed by atoms with van der Waals surface area (Å²) in [6.07, 6.45) is -0.384. The molecule has 0 spiro atoms. The molecular weight excluding hydrogens is 212 g/mol. The Balaban J connectivity index is 2.38. The van der Waals surface area contributed by atoms with Crippen molar-refractivity contribution < 1.29 is 24.8 Å². The van der Waals surface area contributed by atoms with E-state index >= 15 is 0 Å². The van der Waals surface area contributed by atoms with Crippen molar-refractivity contribution >= 4 is 0 Å². The Morgan fingerprint density at radius 3 is 2.81 bits per heavy atom. The van der Waals surface area contributed by atoms with Gasteiger partial charge in [0.15, 0.2) is 5.76 Å². The smallest absolute Gasteiger partial charge is 0.228 e. The standard InChI is InChI=1S/C11H20O5/c1-3-4-7(2)5-15-11-10(14)9(13)8(12)6-16-11/h6-7,9-14H,3-5H2,1-2H3. The molecule has 16 heavy (non-hydrogen) atoms. The second kappa shape index (κ2) is 6.08.